The van der Waals surface area contributed by atoms with Crippen LogP contribution in [-0.2, 0) is 14.3 Å². The number of carboxylic acid groups (broad SMARTS) is 1. The predicted molar refractivity (Wildman–Crippen MR) is 107 cm³/mol. The molecule has 0 spiro atoms. The number of rotatable bonds is 5. The molecule has 0 aromatic heterocycles. The lowest BCUT2D eigenvalue weighted by Gasteiger charge is -2.18. The van der Waals surface area contributed by atoms with Gasteiger partial charge in [-0.15, -0.1) is 0 Å². The van der Waals surface area contributed by atoms with Gasteiger partial charge in [-0.05, 0) is 55.0 Å². The van der Waals surface area contributed by atoms with E-state index in [-0.39, 0.29) is 22.6 Å². The third-order valence-electron chi connectivity index (χ3n) is 4.59. The van der Waals surface area contributed by atoms with Crippen molar-refractivity contribution in [1.82, 2.24) is 0 Å². The van der Waals surface area contributed by atoms with E-state index in [0.717, 1.165) is 0 Å². The number of benzene rings is 2. The van der Waals surface area contributed by atoms with Crippen molar-refractivity contribution in [1.29, 1.82) is 0 Å². The van der Waals surface area contributed by atoms with Crippen molar-refractivity contribution in [3.8, 4) is 5.75 Å². The van der Waals surface area contributed by atoms with E-state index >= 15 is 0 Å². The second kappa shape index (κ2) is 8.02. The Bertz CT molecular complexity index is 1030. The number of ether oxygens (including phenoxy) is 2. The van der Waals surface area contributed by atoms with E-state index in [1.54, 1.807) is 56.5 Å². The molecule has 1 aliphatic rings. The first-order valence-corrected chi connectivity index (χ1v) is 8.70. The predicted octanol–water partition coefficient (Wildman–Crippen LogP) is 3.27. The second-order valence-corrected chi connectivity index (χ2v) is 6.28. The number of aromatic carboxylic acids is 1. The molecule has 2 aromatic carbocycles. The van der Waals surface area contributed by atoms with Gasteiger partial charge in [0.1, 0.15) is 5.75 Å². The molecular formula is C22H19NO6. The highest BCUT2D eigenvalue weighted by atomic mass is 16.5. The first-order chi connectivity index (χ1) is 13.9. The highest BCUT2D eigenvalue weighted by Gasteiger charge is 2.37. The summed E-state index contributed by atoms with van der Waals surface area (Å²) in [6.45, 7) is 1.67. The zero-order valence-electron chi connectivity index (χ0n) is 16.1. The van der Waals surface area contributed by atoms with E-state index in [9.17, 15) is 14.4 Å². The molecule has 0 atom stereocenters. The van der Waals surface area contributed by atoms with Crippen molar-refractivity contribution >= 4 is 29.6 Å². The smallest absolute Gasteiger partial charge is 0.340 e. The van der Waals surface area contributed by atoms with Crippen LogP contribution in [0.1, 0.15) is 22.8 Å². The van der Waals surface area contributed by atoms with Crippen LogP contribution in [-0.4, -0.2) is 37.2 Å². The molecule has 0 aliphatic carbocycles. The fourth-order valence-corrected chi connectivity index (χ4v) is 3.11. The van der Waals surface area contributed by atoms with Gasteiger partial charge >= 0.3 is 11.9 Å². The summed E-state index contributed by atoms with van der Waals surface area (Å²) in [6.07, 6.45) is 1.55. The molecule has 1 heterocycles. The van der Waals surface area contributed by atoms with Gasteiger partial charge in [0.15, 0.2) is 0 Å². The van der Waals surface area contributed by atoms with Crippen molar-refractivity contribution in [2.75, 3.05) is 19.1 Å². The molecule has 0 bridgehead atoms. The number of carbonyl (C=O) groups is 3. The summed E-state index contributed by atoms with van der Waals surface area (Å²) in [7, 11) is 2.80. The fraction of sp³-hybridized carbons (Fsp3) is 0.136. The molecule has 2 aromatic rings. The zero-order valence-corrected chi connectivity index (χ0v) is 16.1. The maximum atomic E-state index is 13.2. The van der Waals surface area contributed by atoms with Crippen LogP contribution >= 0.6 is 0 Å². The Kier molecular flexibility index (Phi) is 5.50. The molecular weight excluding hydrogens is 374 g/mol. The molecule has 7 nitrogen and oxygen atoms in total. The zero-order chi connectivity index (χ0) is 21.1. The van der Waals surface area contributed by atoms with Crippen LogP contribution in [0.3, 0.4) is 0 Å². The number of amides is 1. The van der Waals surface area contributed by atoms with Gasteiger partial charge in [0.25, 0.3) is 5.91 Å². The van der Waals surface area contributed by atoms with Gasteiger partial charge in [0.2, 0.25) is 0 Å². The van der Waals surface area contributed by atoms with Crippen LogP contribution in [0.4, 0.5) is 5.69 Å². The van der Waals surface area contributed by atoms with Crippen LogP contribution < -0.4 is 9.64 Å². The van der Waals surface area contributed by atoms with Crippen LogP contribution in [0.15, 0.2) is 65.4 Å². The van der Waals surface area contributed by atoms with Gasteiger partial charge in [-0.25, -0.2) is 9.59 Å². The number of methoxy groups -OCH3 is 2. The average Bonchev–Trinajstić information content (AvgIpc) is 2.97. The molecule has 7 heteroatoms. The lowest BCUT2D eigenvalue weighted by Crippen LogP contribution is -2.24. The number of anilines is 1. The minimum absolute atomic E-state index is 0.129. The molecule has 1 N–H and O–H groups in total. The van der Waals surface area contributed by atoms with Crippen molar-refractivity contribution in [3.05, 3.63) is 76.5 Å². The molecule has 0 saturated heterocycles. The van der Waals surface area contributed by atoms with Crippen molar-refractivity contribution in [2.24, 2.45) is 0 Å². The Morgan fingerprint density at radius 1 is 1.00 bits per heavy atom. The van der Waals surface area contributed by atoms with E-state index < -0.39 is 11.9 Å². The molecule has 0 unspecified atom stereocenters. The lowest BCUT2D eigenvalue weighted by atomic mass is 10.0. The number of allylic oxidation sites excluding steroid dienone is 1. The molecule has 0 fully saturated rings. The van der Waals surface area contributed by atoms with Gasteiger partial charge in [0.05, 0.1) is 30.9 Å². The van der Waals surface area contributed by atoms with Crippen LogP contribution in [0.25, 0.3) is 6.08 Å². The molecule has 29 heavy (non-hydrogen) atoms. The van der Waals surface area contributed by atoms with E-state index in [1.807, 2.05) is 0 Å². The molecule has 1 amide bonds. The Labute approximate surface area is 167 Å². The van der Waals surface area contributed by atoms with Crippen molar-refractivity contribution in [2.45, 2.75) is 6.92 Å². The van der Waals surface area contributed by atoms with E-state index in [1.165, 1.54) is 24.1 Å². The summed E-state index contributed by atoms with van der Waals surface area (Å²) in [5.74, 6) is -1.40. The summed E-state index contributed by atoms with van der Waals surface area (Å²) >= 11 is 0. The minimum Gasteiger partial charge on any atom is -0.497 e. The van der Waals surface area contributed by atoms with Gasteiger partial charge in [-0.2, -0.15) is 0 Å². The number of hydrogen-bond acceptors (Lipinski definition) is 5. The highest BCUT2D eigenvalue weighted by molar-refractivity contribution is 6.23. The van der Waals surface area contributed by atoms with Gasteiger partial charge in [0, 0.05) is 11.4 Å². The minimum atomic E-state index is -1.04. The lowest BCUT2D eigenvalue weighted by molar-refractivity contribution is -0.136. The summed E-state index contributed by atoms with van der Waals surface area (Å²) in [6, 6.07) is 12.9. The Morgan fingerprint density at radius 3 is 2.14 bits per heavy atom. The standard InChI is InChI=1S/C22H19NO6/c1-13-19(22(27)29-3)18(12-14-4-6-15(7-5-14)21(25)26)20(24)23(13)16-8-10-17(28-2)11-9-16/h4-12H,1-3H3,(H,25,26). The molecule has 0 saturated carbocycles. The summed E-state index contributed by atoms with van der Waals surface area (Å²) in [5.41, 5.74) is 2.08. The van der Waals surface area contributed by atoms with E-state index in [4.69, 9.17) is 14.6 Å². The van der Waals surface area contributed by atoms with Crippen LogP contribution in [0.5, 0.6) is 5.75 Å². The summed E-state index contributed by atoms with van der Waals surface area (Å²) < 4.78 is 10.0. The Balaban J connectivity index is 2.07. The van der Waals surface area contributed by atoms with Crippen molar-refractivity contribution in [3.63, 3.8) is 0 Å². The third-order valence-corrected chi connectivity index (χ3v) is 4.59. The quantitative estimate of drug-likeness (QED) is 0.619. The van der Waals surface area contributed by atoms with Crippen LogP contribution in [0.2, 0.25) is 0 Å². The number of nitrogens with zero attached hydrogens (tertiary/aromatic N) is 1. The SMILES string of the molecule is COC(=O)C1=C(C)N(c2ccc(OC)cc2)C(=O)C1=Cc1ccc(C(=O)O)cc1. The third kappa shape index (κ3) is 3.75. The number of carboxylic acids is 1. The Hall–Kier alpha value is -3.87. The normalized spacial score (nSPS) is 15.1. The maximum absolute atomic E-state index is 13.2. The van der Waals surface area contributed by atoms with Crippen molar-refractivity contribution < 1.29 is 29.0 Å². The monoisotopic (exact) mass is 393 g/mol. The van der Waals surface area contributed by atoms with E-state index in [2.05, 4.69) is 0 Å². The van der Waals surface area contributed by atoms with Crippen LogP contribution in [0, 0.1) is 0 Å². The largest absolute Gasteiger partial charge is 0.497 e. The molecule has 3 rings (SSSR count). The van der Waals surface area contributed by atoms with Gasteiger partial charge < -0.3 is 14.6 Å². The molecule has 0 radical (unpaired) electrons. The molecule has 148 valence electrons. The second-order valence-electron chi connectivity index (χ2n) is 6.28. The van der Waals surface area contributed by atoms with Gasteiger partial charge in [-0.3, -0.25) is 9.69 Å². The first kappa shape index (κ1) is 19.9. The first-order valence-electron chi connectivity index (χ1n) is 8.70. The number of hydrogen-bond donors (Lipinski definition) is 1. The fourth-order valence-electron chi connectivity index (χ4n) is 3.11. The summed E-state index contributed by atoms with van der Waals surface area (Å²) in [4.78, 5) is 38.0. The topological polar surface area (TPSA) is 93.1 Å². The number of carbonyl (C=O) groups excluding carboxylic acids is 2. The summed E-state index contributed by atoms with van der Waals surface area (Å²) in [5, 5.41) is 9.03. The average molecular weight is 393 g/mol. The number of esters is 1. The van der Waals surface area contributed by atoms with Gasteiger partial charge in [-0.1, -0.05) is 12.1 Å². The maximum Gasteiger partial charge on any atom is 0.340 e. The van der Waals surface area contributed by atoms with E-state index in [0.29, 0.717) is 22.7 Å². The highest BCUT2D eigenvalue weighted by Crippen LogP contribution is 2.36. The Morgan fingerprint density at radius 2 is 1.62 bits per heavy atom. The molecule has 1 aliphatic heterocycles.